The third-order valence-electron chi connectivity index (χ3n) is 4.93. The Bertz CT molecular complexity index is 704. The van der Waals surface area contributed by atoms with Crippen LogP contribution in [0.3, 0.4) is 0 Å². The van der Waals surface area contributed by atoms with Crippen LogP contribution < -0.4 is 9.47 Å². The molecular formula is C17H19F2NO4. The molecule has 1 amide bonds. The first-order valence-corrected chi connectivity index (χ1v) is 8.14. The van der Waals surface area contributed by atoms with E-state index in [2.05, 4.69) is 0 Å². The minimum absolute atomic E-state index is 0.0149. The maximum absolute atomic E-state index is 14.6. The van der Waals surface area contributed by atoms with Gasteiger partial charge in [-0.3, -0.25) is 4.79 Å². The van der Waals surface area contributed by atoms with Gasteiger partial charge in [0.15, 0.2) is 11.6 Å². The van der Waals surface area contributed by atoms with Gasteiger partial charge in [0.25, 0.3) is 5.91 Å². The Kier molecular flexibility index (Phi) is 3.46. The van der Waals surface area contributed by atoms with Crippen LogP contribution >= 0.6 is 0 Å². The van der Waals surface area contributed by atoms with Crippen LogP contribution in [-0.2, 0) is 0 Å². The number of nitrogens with zero attached hydrogens (tertiary/aromatic N) is 1. The summed E-state index contributed by atoms with van der Waals surface area (Å²) >= 11 is 0. The molecule has 0 radical (unpaired) electrons. The van der Waals surface area contributed by atoms with Crippen LogP contribution in [0, 0.1) is 12.7 Å². The summed E-state index contributed by atoms with van der Waals surface area (Å²) in [5, 5.41) is 9.80. The smallest absolute Gasteiger partial charge is 0.261 e. The third kappa shape index (κ3) is 2.51. The Morgan fingerprint density at radius 3 is 2.96 bits per heavy atom. The Morgan fingerprint density at radius 2 is 2.25 bits per heavy atom. The van der Waals surface area contributed by atoms with Crippen molar-refractivity contribution in [3.05, 3.63) is 23.0 Å². The van der Waals surface area contributed by atoms with Crippen molar-refractivity contribution in [2.75, 3.05) is 19.8 Å². The SMILES string of the molecule is Cc1cc2c(c(OCC3(F)CC3)c1F)C(=O)N1C[C@@H](O)C[C@@H]1CO2. The van der Waals surface area contributed by atoms with E-state index in [4.69, 9.17) is 9.47 Å². The summed E-state index contributed by atoms with van der Waals surface area (Å²) in [6.45, 7) is 1.68. The first-order chi connectivity index (χ1) is 11.4. The molecule has 7 heteroatoms. The predicted octanol–water partition coefficient (Wildman–Crippen LogP) is 1.98. The Morgan fingerprint density at radius 1 is 1.50 bits per heavy atom. The van der Waals surface area contributed by atoms with E-state index >= 15 is 0 Å². The van der Waals surface area contributed by atoms with Gasteiger partial charge in [-0.25, -0.2) is 8.78 Å². The van der Waals surface area contributed by atoms with E-state index in [9.17, 15) is 18.7 Å². The maximum Gasteiger partial charge on any atom is 0.261 e. The number of carbonyl (C=O) groups excluding carboxylic acids is 1. The van der Waals surface area contributed by atoms with Crippen LogP contribution in [0.15, 0.2) is 6.07 Å². The highest BCUT2D eigenvalue weighted by molar-refractivity contribution is 6.00. The van der Waals surface area contributed by atoms with Gasteiger partial charge in [0, 0.05) is 6.54 Å². The number of alkyl halides is 1. The average molecular weight is 339 g/mol. The lowest BCUT2D eigenvalue weighted by molar-refractivity contribution is 0.0703. The minimum atomic E-state index is -1.43. The second kappa shape index (κ2) is 5.31. The lowest BCUT2D eigenvalue weighted by Gasteiger charge is -2.21. The molecule has 2 atom stereocenters. The van der Waals surface area contributed by atoms with E-state index in [-0.39, 0.29) is 48.4 Å². The molecule has 2 heterocycles. The number of aliphatic hydroxyl groups is 1. The van der Waals surface area contributed by atoms with Crippen molar-refractivity contribution in [3.63, 3.8) is 0 Å². The highest BCUT2D eigenvalue weighted by Crippen LogP contribution is 2.43. The van der Waals surface area contributed by atoms with Gasteiger partial charge in [-0.2, -0.15) is 0 Å². The highest BCUT2D eigenvalue weighted by atomic mass is 19.1. The van der Waals surface area contributed by atoms with E-state index in [1.807, 2.05) is 0 Å². The molecule has 2 fully saturated rings. The average Bonchev–Trinajstić information content (AvgIpc) is 3.17. The first kappa shape index (κ1) is 15.6. The molecule has 0 bridgehead atoms. The fourth-order valence-electron chi connectivity index (χ4n) is 3.29. The number of rotatable bonds is 3. The Balaban J connectivity index is 1.74. The number of fused-ring (bicyclic) bond motifs is 2. The van der Waals surface area contributed by atoms with Gasteiger partial charge in [-0.1, -0.05) is 0 Å². The first-order valence-electron chi connectivity index (χ1n) is 8.14. The van der Waals surface area contributed by atoms with Crippen LogP contribution in [0.25, 0.3) is 0 Å². The van der Waals surface area contributed by atoms with Crippen LogP contribution in [0.1, 0.15) is 35.2 Å². The molecule has 130 valence electrons. The number of halogens is 2. The van der Waals surface area contributed by atoms with Crippen molar-refractivity contribution in [2.45, 2.75) is 44.0 Å². The summed E-state index contributed by atoms with van der Waals surface area (Å²) in [5.41, 5.74) is -1.16. The molecule has 0 unspecified atom stereocenters. The molecule has 1 N–H and O–H groups in total. The standard InChI is InChI=1S/C17H19F2NO4/c1-9-4-12-13(15(14(9)18)24-8-17(19)2-3-17)16(22)20-6-11(21)5-10(20)7-23-12/h4,10-11,21H,2-3,5-8H2,1H3/t10-,11+/m1/s1. The van der Waals surface area contributed by atoms with E-state index in [0.717, 1.165) is 0 Å². The number of benzene rings is 1. The van der Waals surface area contributed by atoms with Crippen LogP contribution in [0.2, 0.25) is 0 Å². The van der Waals surface area contributed by atoms with Gasteiger partial charge in [-0.05, 0) is 37.8 Å². The topological polar surface area (TPSA) is 59.0 Å². The molecule has 2 aliphatic heterocycles. The molecule has 3 aliphatic rings. The summed E-state index contributed by atoms with van der Waals surface area (Å²) in [7, 11) is 0. The van der Waals surface area contributed by atoms with Gasteiger partial charge in [-0.15, -0.1) is 0 Å². The fraction of sp³-hybridized carbons (Fsp3) is 0.588. The number of aryl methyl sites for hydroxylation is 1. The Labute approximate surface area is 138 Å². The van der Waals surface area contributed by atoms with Crippen molar-refractivity contribution >= 4 is 5.91 Å². The zero-order valence-electron chi connectivity index (χ0n) is 13.3. The van der Waals surface area contributed by atoms with Crippen molar-refractivity contribution in [1.82, 2.24) is 4.90 Å². The number of ether oxygens (including phenoxy) is 2. The summed E-state index contributed by atoms with van der Waals surface area (Å²) < 4.78 is 39.6. The second-order valence-electron chi connectivity index (χ2n) is 6.96. The maximum atomic E-state index is 14.6. The van der Waals surface area contributed by atoms with Gasteiger partial charge in [0.05, 0.1) is 12.1 Å². The molecule has 1 aromatic carbocycles. The van der Waals surface area contributed by atoms with Crippen molar-refractivity contribution < 1.29 is 28.2 Å². The number of hydrogen-bond donors (Lipinski definition) is 1. The molecule has 0 spiro atoms. The molecule has 1 saturated heterocycles. The number of amides is 1. The van der Waals surface area contributed by atoms with Gasteiger partial charge in [0.1, 0.15) is 30.2 Å². The van der Waals surface area contributed by atoms with Crippen molar-refractivity contribution in [2.24, 2.45) is 0 Å². The summed E-state index contributed by atoms with van der Waals surface area (Å²) in [6, 6.07) is 1.21. The Hall–Kier alpha value is -1.89. The van der Waals surface area contributed by atoms with Gasteiger partial charge in [0.2, 0.25) is 0 Å². The predicted molar refractivity (Wildman–Crippen MR) is 80.6 cm³/mol. The van der Waals surface area contributed by atoms with E-state index in [1.165, 1.54) is 11.0 Å². The molecule has 1 aliphatic carbocycles. The normalized spacial score (nSPS) is 27.2. The molecule has 5 nitrogen and oxygen atoms in total. The zero-order valence-corrected chi connectivity index (χ0v) is 13.3. The highest BCUT2D eigenvalue weighted by Gasteiger charge is 2.45. The summed E-state index contributed by atoms with van der Waals surface area (Å²) in [5.74, 6) is -1.11. The zero-order chi connectivity index (χ0) is 17.1. The molecule has 1 aromatic rings. The largest absolute Gasteiger partial charge is 0.490 e. The lowest BCUT2D eigenvalue weighted by Crippen LogP contribution is -2.37. The minimum Gasteiger partial charge on any atom is -0.490 e. The number of carbonyl (C=O) groups is 1. The summed E-state index contributed by atoms with van der Waals surface area (Å²) in [6.07, 6.45) is 0.565. The fourth-order valence-corrected chi connectivity index (χ4v) is 3.29. The molecule has 1 saturated carbocycles. The lowest BCUT2D eigenvalue weighted by atomic mass is 10.1. The monoisotopic (exact) mass is 339 g/mol. The number of hydrogen-bond acceptors (Lipinski definition) is 4. The van der Waals surface area contributed by atoms with E-state index in [1.54, 1.807) is 6.92 Å². The molecule has 0 aromatic heterocycles. The molecular weight excluding hydrogens is 320 g/mol. The number of aliphatic hydroxyl groups excluding tert-OH is 1. The van der Waals surface area contributed by atoms with E-state index in [0.29, 0.717) is 19.3 Å². The van der Waals surface area contributed by atoms with Gasteiger partial charge < -0.3 is 19.5 Å². The van der Waals surface area contributed by atoms with Crippen molar-refractivity contribution in [3.8, 4) is 11.5 Å². The van der Waals surface area contributed by atoms with Crippen LogP contribution in [0.4, 0.5) is 8.78 Å². The quantitative estimate of drug-likeness (QED) is 0.915. The van der Waals surface area contributed by atoms with Crippen molar-refractivity contribution in [1.29, 1.82) is 0 Å². The van der Waals surface area contributed by atoms with Gasteiger partial charge >= 0.3 is 0 Å². The van der Waals surface area contributed by atoms with E-state index < -0.39 is 23.5 Å². The van der Waals surface area contributed by atoms with Crippen LogP contribution in [-0.4, -0.2) is 53.5 Å². The molecule has 4 rings (SSSR count). The molecule has 24 heavy (non-hydrogen) atoms. The van der Waals surface area contributed by atoms with Crippen LogP contribution in [0.5, 0.6) is 11.5 Å². The second-order valence-corrected chi connectivity index (χ2v) is 6.96. The summed E-state index contributed by atoms with van der Waals surface area (Å²) in [4.78, 5) is 14.4. The third-order valence-corrected chi connectivity index (χ3v) is 4.93.